The van der Waals surface area contributed by atoms with E-state index >= 15 is 0 Å². The van der Waals surface area contributed by atoms with Crippen LogP contribution in [-0.2, 0) is 4.79 Å². The Labute approximate surface area is 218 Å². The molecular formula is C28H36N2O3S2. The minimum Gasteiger partial charge on any atom is -0.497 e. The molecule has 4 N–H and O–H groups in total. The molecule has 1 atom stereocenters. The Hall–Kier alpha value is -2.87. The SMILES string of the molecule is C=Cc1ccc(OC(C=O)c2ccc(SCC)cc2)cc1.CC.COc1ccc(SCN)c(N)c1. The number of hydrogen-bond acceptors (Lipinski definition) is 7. The Balaban J connectivity index is 0.000000372. The third-order valence-electron chi connectivity index (χ3n) is 4.48. The molecule has 1 unspecified atom stereocenters. The zero-order valence-corrected chi connectivity index (χ0v) is 22.5. The summed E-state index contributed by atoms with van der Waals surface area (Å²) in [5, 5.41) is 0. The molecule has 7 heteroatoms. The number of rotatable bonds is 10. The zero-order chi connectivity index (χ0) is 26.1. The third-order valence-corrected chi connectivity index (χ3v) is 6.22. The van der Waals surface area contributed by atoms with Crippen molar-refractivity contribution in [1.29, 1.82) is 0 Å². The van der Waals surface area contributed by atoms with Gasteiger partial charge in [-0.05, 0) is 53.3 Å². The summed E-state index contributed by atoms with van der Waals surface area (Å²) in [6.45, 7) is 9.82. The van der Waals surface area contributed by atoms with Gasteiger partial charge in [0.15, 0.2) is 12.4 Å². The van der Waals surface area contributed by atoms with Gasteiger partial charge in [0.1, 0.15) is 11.5 Å². The lowest BCUT2D eigenvalue weighted by molar-refractivity contribution is -0.113. The fourth-order valence-corrected chi connectivity index (χ4v) is 4.03. The number of aldehydes is 1. The summed E-state index contributed by atoms with van der Waals surface area (Å²) in [4.78, 5) is 13.5. The maximum atomic E-state index is 11.3. The number of hydrogen-bond donors (Lipinski definition) is 2. The number of nitrogen functional groups attached to an aromatic ring is 1. The molecule has 0 amide bonds. The predicted molar refractivity (Wildman–Crippen MR) is 152 cm³/mol. The van der Waals surface area contributed by atoms with Crippen LogP contribution in [-0.4, -0.2) is 25.0 Å². The summed E-state index contributed by atoms with van der Waals surface area (Å²) in [5.41, 5.74) is 13.7. The van der Waals surface area contributed by atoms with Crippen molar-refractivity contribution in [2.45, 2.75) is 36.7 Å². The summed E-state index contributed by atoms with van der Waals surface area (Å²) in [5.74, 6) is 3.01. The molecule has 3 aromatic carbocycles. The molecule has 0 saturated carbocycles. The average Bonchev–Trinajstić information content (AvgIpc) is 2.91. The standard InChI is InChI=1S/C18H18O2S.C8H12N2OS.C2H6/c1-3-14-5-9-16(10-6-14)20-18(13-19)15-7-11-17(12-8-15)21-4-2;1-11-6-2-3-8(12-5-9)7(10)4-6;1-2/h3,5-13,18H,1,4H2,2H3;2-4H,5,9-10H2,1H3;1-2H3. The minimum absolute atomic E-state index is 0.538. The van der Waals surface area contributed by atoms with Crippen LogP contribution in [0, 0.1) is 0 Å². The molecule has 0 aliphatic heterocycles. The van der Waals surface area contributed by atoms with Gasteiger partial charge in [0.25, 0.3) is 0 Å². The smallest absolute Gasteiger partial charge is 0.179 e. The summed E-state index contributed by atoms with van der Waals surface area (Å²) in [6.07, 6.45) is 2.01. The lowest BCUT2D eigenvalue weighted by Crippen LogP contribution is -2.08. The Bertz CT molecular complexity index is 1010. The van der Waals surface area contributed by atoms with E-state index in [1.165, 1.54) is 16.7 Å². The van der Waals surface area contributed by atoms with Gasteiger partial charge in [-0.2, -0.15) is 0 Å². The first-order valence-electron chi connectivity index (χ1n) is 11.4. The second-order valence-corrected chi connectivity index (χ2v) is 9.06. The highest BCUT2D eigenvalue weighted by atomic mass is 32.2. The van der Waals surface area contributed by atoms with Crippen LogP contribution in [0.4, 0.5) is 5.69 Å². The molecule has 0 aliphatic rings. The van der Waals surface area contributed by atoms with Crippen LogP contribution >= 0.6 is 23.5 Å². The number of thioether (sulfide) groups is 2. The summed E-state index contributed by atoms with van der Waals surface area (Å²) in [7, 11) is 1.62. The van der Waals surface area contributed by atoms with Gasteiger partial charge in [0, 0.05) is 27.4 Å². The minimum atomic E-state index is -0.583. The topological polar surface area (TPSA) is 87.6 Å². The number of methoxy groups -OCH3 is 1. The maximum absolute atomic E-state index is 11.3. The molecule has 5 nitrogen and oxygen atoms in total. The highest BCUT2D eigenvalue weighted by Crippen LogP contribution is 2.27. The molecule has 3 rings (SSSR count). The van der Waals surface area contributed by atoms with Crippen LogP contribution in [0.15, 0.2) is 83.1 Å². The van der Waals surface area contributed by atoms with E-state index in [-0.39, 0.29) is 0 Å². The molecule has 0 radical (unpaired) electrons. The lowest BCUT2D eigenvalue weighted by atomic mass is 10.1. The average molecular weight is 513 g/mol. The van der Waals surface area contributed by atoms with Crippen molar-refractivity contribution in [3.05, 3.63) is 84.4 Å². The van der Waals surface area contributed by atoms with E-state index in [0.29, 0.717) is 17.3 Å². The van der Waals surface area contributed by atoms with Crippen molar-refractivity contribution in [3.63, 3.8) is 0 Å². The van der Waals surface area contributed by atoms with Crippen LogP contribution in [0.5, 0.6) is 11.5 Å². The van der Waals surface area contributed by atoms with Gasteiger partial charge in [-0.15, -0.1) is 23.5 Å². The van der Waals surface area contributed by atoms with Crippen LogP contribution in [0.1, 0.15) is 38.0 Å². The summed E-state index contributed by atoms with van der Waals surface area (Å²) >= 11 is 3.29. The van der Waals surface area contributed by atoms with Crippen LogP contribution in [0.3, 0.4) is 0 Å². The molecule has 0 bridgehead atoms. The number of nitrogens with two attached hydrogens (primary N) is 2. The van der Waals surface area contributed by atoms with Crippen molar-refractivity contribution in [2.75, 3.05) is 24.5 Å². The fraction of sp³-hybridized carbons (Fsp3) is 0.250. The number of ether oxygens (including phenoxy) is 2. The van der Waals surface area contributed by atoms with Gasteiger partial charge in [-0.3, -0.25) is 4.79 Å². The molecule has 0 saturated heterocycles. The molecular weight excluding hydrogens is 476 g/mol. The Morgan fingerprint density at radius 1 is 0.971 bits per heavy atom. The van der Waals surface area contributed by atoms with Crippen LogP contribution in [0.2, 0.25) is 0 Å². The molecule has 0 aliphatic carbocycles. The molecule has 188 valence electrons. The summed E-state index contributed by atoms with van der Waals surface area (Å²) in [6, 6.07) is 21.0. The first-order valence-corrected chi connectivity index (χ1v) is 13.3. The van der Waals surface area contributed by atoms with Crippen LogP contribution in [0.25, 0.3) is 6.08 Å². The number of benzene rings is 3. The highest BCUT2D eigenvalue weighted by molar-refractivity contribution is 7.99. The van der Waals surface area contributed by atoms with Gasteiger partial charge < -0.3 is 20.9 Å². The van der Waals surface area contributed by atoms with Gasteiger partial charge in [0.2, 0.25) is 0 Å². The van der Waals surface area contributed by atoms with E-state index in [1.807, 2.05) is 74.5 Å². The van der Waals surface area contributed by atoms with Crippen molar-refractivity contribution < 1.29 is 14.3 Å². The Morgan fingerprint density at radius 2 is 1.60 bits per heavy atom. The number of carbonyl (C=O) groups is 1. The quantitative estimate of drug-likeness (QED) is 0.130. The van der Waals surface area contributed by atoms with E-state index in [2.05, 4.69) is 13.5 Å². The van der Waals surface area contributed by atoms with E-state index in [1.54, 1.807) is 31.0 Å². The monoisotopic (exact) mass is 512 g/mol. The maximum Gasteiger partial charge on any atom is 0.179 e. The second-order valence-electron chi connectivity index (χ2n) is 6.66. The molecule has 0 aromatic heterocycles. The van der Waals surface area contributed by atoms with Crippen LogP contribution < -0.4 is 20.9 Å². The molecule has 3 aromatic rings. The van der Waals surface area contributed by atoms with E-state index in [0.717, 1.165) is 33.8 Å². The van der Waals surface area contributed by atoms with Crippen molar-refractivity contribution in [1.82, 2.24) is 0 Å². The van der Waals surface area contributed by atoms with Crippen molar-refractivity contribution >= 4 is 41.6 Å². The van der Waals surface area contributed by atoms with Gasteiger partial charge in [-0.1, -0.05) is 57.7 Å². The fourth-order valence-electron chi connectivity index (χ4n) is 2.80. The van der Waals surface area contributed by atoms with E-state index in [9.17, 15) is 4.79 Å². The second kappa shape index (κ2) is 17.5. The predicted octanol–water partition coefficient (Wildman–Crippen LogP) is 7.07. The van der Waals surface area contributed by atoms with Crippen molar-refractivity contribution in [2.24, 2.45) is 5.73 Å². The van der Waals surface area contributed by atoms with Gasteiger partial charge in [0.05, 0.1) is 7.11 Å². The third kappa shape index (κ3) is 10.5. The van der Waals surface area contributed by atoms with E-state index in [4.69, 9.17) is 20.9 Å². The lowest BCUT2D eigenvalue weighted by Gasteiger charge is -2.14. The largest absolute Gasteiger partial charge is 0.497 e. The van der Waals surface area contributed by atoms with Gasteiger partial charge >= 0.3 is 0 Å². The summed E-state index contributed by atoms with van der Waals surface area (Å²) < 4.78 is 10.7. The molecule has 0 heterocycles. The number of anilines is 1. The molecule has 0 spiro atoms. The number of carbonyl (C=O) groups excluding carboxylic acids is 1. The highest BCUT2D eigenvalue weighted by Gasteiger charge is 2.12. The normalized spacial score (nSPS) is 10.5. The molecule has 0 fully saturated rings. The first-order chi connectivity index (χ1) is 17.0. The zero-order valence-electron chi connectivity index (χ0n) is 20.9. The Morgan fingerprint density at radius 3 is 2.09 bits per heavy atom. The van der Waals surface area contributed by atoms with Gasteiger partial charge in [-0.25, -0.2) is 0 Å². The first kappa shape index (κ1) is 30.2. The van der Waals surface area contributed by atoms with E-state index < -0.39 is 6.10 Å². The van der Waals surface area contributed by atoms with Crippen molar-refractivity contribution in [3.8, 4) is 11.5 Å². The Kier molecular flexibility index (Phi) is 15.1. The molecule has 35 heavy (non-hydrogen) atoms.